The zero-order valence-corrected chi connectivity index (χ0v) is 11.8. The number of rotatable bonds is 5. The summed E-state index contributed by atoms with van der Waals surface area (Å²) in [6.45, 7) is 2.79. The summed E-state index contributed by atoms with van der Waals surface area (Å²) in [5.41, 5.74) is 1.13. The molecule has 0 saturated carbocycles. The Labute approximate surface area is 124 Å². The monoisotopic (exact) mass is 282 g/mol. The zero-order valence-electron chi connectivity index (χ0n) is 11.8. The highest BCUT2D eigenvalue weighted by Crippen LogP contribution is 2.32. The highest BCUT2D eigenvalue weighted by Gasteiger charge is 2.10. The van der Waals surface area contributed by atoms with E-state index in [1.54, 1.807) is 18.2 Å². The van der Waals surface area contributed by atoms with Crippen LogP contribution in [-0.2, 0) is 6.42 Å². The minimum Gasteiger partial charge on any atom is -0.504 e. The summed E-state index contributed by atoms with van der Waals surface area (Å²) in [6.07, 6.45) is 2.79. The largest absolute Gasteiger partial charge is 0.504 e. The van der Waals surface area contributed by atoms with Crippen molar-refractivity contribution in [1.82, 2.24) is 4.90 Å². The summed E-state index contributed by atoms with van der Waals surface area (Å²) in [7, 11) is 0. The second-order valence-corrected chi connectivity index (χ2v) is 4.99. The minimum absolute atomic E-state index is 0.152. The van der Waals surface area contributed by atoms with Crippen molar-refractivity contribution >= 4 is 6.34 Å². The first kappa shape index (κ1) is 13.5. The van der Waals surface area contributed by atoms with Crippen molar-refractivity contribution in [3.05, 3.63) is 54.1 Å². The van der Waals surface area contributed by atoms with Gasteiger partial charge < -0.3 is 14.7 Å². The number of benzene rings is 2. The maximum atomic E-state index is 9.81. The molecule has 0 spiro atoms. The van der Waals surface area contributed by atoms with Crippen LogP contribution in [0.3, 0.4) is 0 Å². The molecule has 2 aromatic carbocycles. The summed E-state index contributed by atoms with van der Waals surface area (Å²) in [5, 5.41) is 9.81. The molecule has 1 aliphatic heterocycles. The molecule has 1 N–H and O–H groups in total. The van der Waals surface area contributed by atoms with Crippen LogP contribution in [0.15, 0.2) is 53.5 Å². The first-order valence-corrected chi connectivity index (χ1v) is 7.11. The van der Waals surface area contributed by atoms with Crippen molar-refractivity contribution in [2.24, 2.45) is 4.99 Å². The van der Waals surface area contributed by atoms with Gasteiger partial charge in [-0.25, -0.2) is 0 Å². The van der Waals surface area contributed by atoms with E-state index in [4.69, 9.17) is 4.74 Å². The molecule has 4 heteroatoms. The second kappa shape index (κ2) is 6.31. The smallest absolute Gasteiger partial charge is 0.169 e. The maximum Gasteiger partial charge on any atom is 0.169 e. The number of hydrogen-bond donors (Lipinski definition) is 1. The SMILES string of the molecule is Oc1ccccc1Oc1ccccc1CCN1C=NCC1. The van der Waals surface area contributed by atoms with Gasteiger partial charge in [0.05, 0.1) is 12.9 Å². The number of phenols is 1. The van der Waals surface area contributed by atoms with Gasteiger partial charge in [0.15, 0.2) is 11.5 Å². The molecular formula is C17H18N2O2. The second-order valence-electron chi connectivity index (χ2n) is 4.99. The molecule has 3 rings (SSSR count). The van der Waals surface area contributed by atoms with Crippen molar-refractivity contribution in [1.29, 1.82) is 0 Å². The lowest BCUT2D eigenvalue weighted by Gasteiger charge is -2.16. The van der Waals surface area contributed by atoms with Gasteiger partial charge in [0.25, 0.3) is 0 Å². The van der Waals surface area contributed by atoms with E-state index in [-0.39, 0.29) is 5.75 Å². The van der Waals surface area contributed by atoms with Crippen LogP contribution in [0, 0.1) is 0 Å². The quantitative estimate of drug-likeness (QED) is 0.916. The number of phenolic OH excluding ortho intramolecular Hbond substituents is 1. The van der Waals surface area contributed by atoms with E-state index in [2.05, 4.69) is 16.0 Å². The van der Waals surface area contributed by atoms with Crippen LogP contribution >= 0.6 is 0 Å². The Morgan fingerprint density at radius 1 is 1.05 bits per heavy atom. The molecule has 108 valence electrons. The number of hydrogen-bond acceptors (Lipinski definition) is 4. The Balaban J connectivity index is 1.73. The molecule has 1 heterocycles. The van der Waals surface area contributed by atoms with E-state index in [1.165, 1.54) is 0 Å². The van der Waals surface area contributed by atoms with E-state index in [1.807, 2.05) is 30.6 Å². The highest BCUT2D eigenvalue weighted by atomic mass is 16.5. The molecule has 0 fully saturated rings. The van der Waals surface area contributed by atoms with Crippen molar-refractivity contribution in [3.63, 3.8) is 0 Å². The fraction of sp³-hybridized carbons (Fsp3) is 0.235. The van der Waals surface area contributed by atoms with Gasteiger partial charge in [-0.3, -0.25) is 4.99 Å². The zero-order chi connectivity index (χ0) is 14.5. The third-order valence-electron chi connectivity index (χ3n) is 3.49. The molecule has 2 aromatic rings. The van der Waals surface area contributed by atoms with Crippen molar-refractivity contribution in [2.75, 3.05) is 19.6 Å². The topological polar surface area (TPSA) is 45.1 Å². The average Bonchev–Trinajstić information content (AvgIpc) is 3.02. The van der Waals surface area contributed by atoms with Gasteiger partial charge in [0.1, 0.15) is 5.75 Å². The fourth-order valence-corrected chi connectivity index (χ4v) is 2.32. The van der Waals surface area contributed by atoms with E-state index < -0.39 is 0 Å². The summed E-state index contributed by atoms with van der Waals surface area (Å²) in [4.78, 5) is 6.42. The molecule has 1 aliphatic rings. The predicted molar refractivity (Wildman–Crippen MR) is 83.3 cm³/mol. The standard InChI is InChI=1S/C17H18N2O2/c20-15-6-2-4-8-17(15)21-16-7-3-1-5-14(16)9-11-19-12-10-18-13-19/h1-8,13,20H,9-12H2. The molecule has 0 amide bonds. The van der Waals surface area contributed by atoms with E-state index >= 15 is 0 Å². The van der Waals surface area contributed by atoms with Crippen LogP contribution in [0.1, 0.15) is 5.56 Å². The highest BCUT2D eigenvalue weighted by molar-refractivity contribution is 5.57. The fourth-order valence-electron chi connectivity index (χ4n) is 2.32. The molecule has 0 aliphatic carbocycles. The molecule has 0 radical (unpaired) electrons. The van der Waals surface area contributed by atoms with Gasteiger partial charge in [-0.15, -0.1) is 0 Å². The van der Waals surface area contributed by atoms with Crippen LogP contribution < -0.4 is 4.74 Å². The first-order valence-electron chi connectivity index (χ1n) is 7.11. The van der Waals surface area contributed by atoms with Crippen molar-refractivity contribution < 1.29 is 9.84 Å². The van der Waals surface area contributed by atoms with Crippen LogP contribution in [0.2, 0.25) is 0 Å². The van der Waals surface area contributed by atoms with Gasteiger partial charge >= 0.3 is 0 Å². The van der Waals surface area contributed by atoms with Gasteiger partial charge in [-0.05, 0) is 30.2 Å². The Kier molecular flexibility index (Phi) is 4.05. The molecule has 0 bridgehead atoms. The molecule has 21 heavy (non-hydrogen) atoms. The van der Waals surface area contributed by atoms with Crippen molar-refractivity contribution in [2.45, 2.75) is 6.42 Å². The van der Waals surface area contributed by atoms with Gasteiger partial charge in [0, 0.05) is 13.1 Å². The van der Waals surface area contributed by atoms with Gasteiger partial charge in [0.2, 0.25) is 0 Å². The molecular weight excluding hydrogens is 264 g/mol. The van der Waals surface area contributed by atoms with Crippen molar-refractivity contribution in [3.8, 4) is 17.2 Å². The third kappa shape index (κ3) is 3.34. The maximum absolute atomic E-state index is 9.81. The number of aliphatic imine (C=N–C) groups is 1. The molecule has 0 unspecified atom stereocenters. The lowest BCUT2D eigenvalue weighted by atomic mass is 10.1. The van der Waals surface area contributed by atoms with Crippen LogP contribution in [-0.4, -0.2) is 36.0 Å². The van der Waals surface area contributed by atoms with Gasteiger partial charge in [-0.2, -0.15) is 0 Å². The number of para-hydroxylation sites is 3. The molecule has 0 saturated heterocycles. The summed E-state index contributed by atoms with van der Waals surface area (Å²) in [6, 6.07) is 14.9. The molecule has 4 nitrogen and oxygen atoms in total. The van der Waals surface area contributed by atoms with Crippen LogP contribution in [0.5, 0.6) is 17.2 Å². The Morgan fingerprint density at radius 2 is 1.81 bits per heavy atom. The van der Waals surface area contributed by atoms with Crippen LogP contribution in [0.4, 0.5) is 0 Å². The normalized spacial score (nSPS) is 13.6. The lowest BCUT2D eigenvalue weighted by Crippen LogP contribution is -2.22. The summed E-state index contributed by atoms with van der Waals surface area (Å²) in [5.74, 6) is 1.42. The summed E-state index contributed by atoms with van der Waals surface area (Å²) < 4.78 is 5.85. The van der Waals surface area contributed by atoms with Gasteiger partial charge in [-0.1, -0.05) is 30.3 Å². The third-order valence-corrected chi connectivity index (χ3v) is 3.49. The minimum atomic E-state index is 0.152. The first-order chi connectivity index (χ1) is 10.3. The van der Waals surface area contributed by atoms with E-state index in [9.17, 15) is 5.11 Å². The predicted octanol–water partition coefficient (Wildman–Crippen LogP) is 3.07. The number of nitrogens with zero attached hydrogens (tertiary/aromatic N) is 2. The Hall–Kier alpha value is -2.49. The van der Waals surface area contributed by atoms with E-state index in [0.29, 0.717) is 5.75 Å². The van der Waals surface area contributed by atoms with E-state index in [0.717, 1.165) is 37.4 Å². The van der Waals surface area contributed by atoms with Crippen LogP contribution in [0.25, 0.3) is 0 Å². The Morgan fingerprint density at radius 3 is 2.57 bits per heavy atom. The number of aromatic hydroxyl groups is 1. The summed E-state index contributed by atoms with van der Waals surface area (Å²) >= 11 is 0. The molecule has 0 atom stereocenters. The molecule has 0 aromatic heterocycles. The lowest BCUT2D eigenvalue weighted by molar-refractivity contribution is 0.406. The number of ether oxygens (including phenoxy) is 1. The Bertz CT molecular complexity index is 640. The average molecular weight is 282 g/mol.